The maximum absolute atomic E-state index is 10.8. The molecule has 0 bridgehead atoms. The van der Waals surface area contributed by atoms with E-state index in [0.29, 0.717) is 16.5 Å². The van der Waals surface area contributed by atoms with Crippen molar-refractivity contribution < 1.29 is 4.92 Å². The molecule has 74 valence electrons. The van der Waals surface area contributed by atoms with Gasteiger partial charge in [0.25, 0.3) is 5.69 Å². The number of nitrogens with zero attached hydrogens (tertiary/aromatic N) is 1. The third-order valence-electron chi connectivity index (χ3n) is 1.84. The van der Waals surface area contributed by atoms with Crippen LogP contribution in [-0.4, -0.2) is 10.3 Å². The molecule has 1 rings (SSSR count). The van der Waals surface area contributed by atoms with Gasteiger partial charge in [0.2, 0.25) is 0 Å². The highest BCUT2D eigenvalue weighted by atomic mass is 79.9. The van der Waals surface area contributed by atoms with Crippen LogP contribution in [0.25, 0.3) is 6.08 Å². The van der Waals surface area contributed by atoms with E-state index >= 15 is 0 Å². The minimum Gasteiger partial charge on any atom is -0.258 e. The van der Waals surface area contributed by atoms with E-state index in [0.717, 1.165) is 0 Å². The van der Waals surface area contributed by atoms with Crippen molar-refractivity contribution in [3.05, 3.63) is 45.5 Å². The number of halogens is 1. The van der Waals surface area contributed by atoms with Gasteiger partial charge >= 0.3 is 0 Å². The molecule has 0 aliphatic rings. The van der Waals surface area contributed by atoms with Crippen molar-refractivity contribution in [3.8, 4) is 0 Å². The molecule has 1 aromatic carbocycles. The maximum atomic E-state index is 10.8. The molecule has 0 N–H and O–H groups in total. The Balaban J connectivity index is 3.21. The predicted molar refractivity (Wildman–Crippen MR) is 60.7 cm³/mol. The van der Waals surface area contributed by atoms with E-state index in [4.69, 9.17) is 0 Å². The van der Waals surface area contributed by atoms with Crippen molar-refractivity contribution >= 4 is 27.7 Å². The average Bonchev–Trinajstić information content (AvgIpc) is 2.14. The summed E-state index contributed by atoms with van der Waals surface area (Å²) in [5.41, 5.74) is 1.52. The van der Waals surface area contributed by atoms with Gasteiger partial charge in [0, 0.05) is 10.9 Å². The number of nitro groups is 1. The number of allylic oxidation sites excluding steroid dienone is 1. The SMILES string of the molecule is Cc1cccc(C=CCBr)c1[N+](=O)[O-]. The Hall–Kier alpha value is -1.16. The van der Waals surface area contributed by atoms with Crippen molar-refractivity contribution in [2.45, 2.75) is 6.92 Å². The van der Waals surface area contributed by atoms with Crippen LogP contribution in [-0.2, 0) is 0 Å². The van der Waals surface area contributed by atoms with Crippen LogP contribution in [0.5, 0.6) is 0 Å². The molecular weight excluding hydrogens is 246 g/mol. The van der Waals surface area contributed by atoms with Crippen LogP contribution < -0.4 is 0 Å². The van der Waals surface area contributed by atoms with Gasteiger partial charge in [-0.1, -0.05) is 40.2 Å². The van der Waals surface area contributed by atoms with Crippen LogP contribution in [0.2, 0.25) is 0 Å². The van der Waals surface area contributed by atoms with Crippen LogP contribution >= 0.6 is 15.9 Å². The Labute approximate surface area is 90.7 Å². The van der Waals surface area contributed by atoms with Gasteiger partial charge in [0.05, 0.1) is 10.5 Å². The van der Waals surface area contributed by atoms with Crippen LogP contribution in [0, 0.1) is 17.0 Å². The largest absolute Gasteiger partial charge is 0.279 e. The van der Waals surface area contributed by atoms with E-state index in [1.54, 1.807) is 25.1 Å². The lowest BCUT2D eigenvalue weighted by molar-refractivity contribution is -0.385. The zero-order chi connectivity index (χ0) is 10.6. The normalized spacial score (nSPS) is 10.7. The van der Waals surface area contributed by atoms with Gasteiger partial charge in [-0.15, -0.1) is 0 Å². The minimum absolute atomic E-state index is 0.185. The van der Waals surface area contributed by atoms with Crippen LogP contribution in [0.15, 0.2) is 24.3 Å². The molecule has 4 heteroatoms. The fraction of sp³-hybridized carbons (Fsp3) is 0.200. The molecule has 0 amide bonds. The van der Waals surface area contributed by atoms with Gasteiger partial charge in [-0.2, -0.15) is 0 Å². The second kappa shape index (κ2) is 4.91. The second-order valence-corrected chi connectivity index (χ2v) is 3.47. The number of hydrogen-bond acceptors (Lipinski definition) is 2. The zero-order valence-corrected chi connectivity index (χ0v) is 9.32. The summed E-state index contributed by atoms with van der Waals surface area (Å²) in [5, 5.41) is 11.5. The molecule has 0 unspecified atom stereocenters. The molecule has 14 heavy (non-hydrogen) atoms. The van der Waals surface area contributed by atoms with Gasteiger partial charge in [0.1, 0.15) is 0 Å². The van der Waals surface area contributed by atoms with Gasteiger partial charge in [-0.3, -0.25) is 10.1 Å². The molecule has 0 heterocycles. The lowest BCUT2D eigenvalue weighted by Gasteiger charge is -2.00. The second-order valence-electron chi connectivity index (χ2n) is 2.83. The van der Waals surface area contributed by atoms with Crippen LogP contribution in [0.1, 0.15) is 11.1 Å². The fourth-order valence-corrected chi connectivity index (χ4v) is 1.42. The number of benzene rings is 1. The topological polar surface area (TPSA) is 43.1 Å². The van der Waals surface area contributed by atoms with E-state index in [1.807, 2.05) is 12.1 Å². The van der Waals surface area contributed by atoms with E-state index in [9.17, 15) is 10.1 Å². The Morgan fingerprint density at radius 3 is 2.86 bits per heavy atom. The molecule has 1 aromatic rings. The van der Waals surface area contributed by atoms with Crippen molar-refractivity contribution in [2.24, 2.45) is 0 Å². The standard InChI is InChI=1S/C10H10BrNO2/c1-8-4-2-5-9(6-3-7-11)10(8)12(13)14/h2-6H,7H2,1H3. The van der Waals surface area contributed by atoms with E-state index in [1.165, 1.54) is 0 Å². The summed E-state index contributed by atoms with van der Waals surface area (Å²) in [7, 11) is 0. The predicted octanol–water partition coefficient (Wildman–Crippen LogP) is 3.31. The average molecular weight is 256 g/mol. The highest BCUT2D eigenvalue weighted by Crippen LogP contribution is 2.23. The molecule has 0 aliphatic carbocycles. The smallest absolute Gasteiger partial charge is 0.258 e. The van der Waals surface area contributed by atoms with Crippen LogP contribution in [0.3, 0.4) is 0 Å². The summed E-state index contributed by atoms with van der Waals surface area (Å²) in [6.07, 6.45) is 3.58. The van der Waals surface area contributed by atoms with E-state index < -0.39 is 0 Å². The Morgan fingerprint density at radius 2 is 2.29 bits per heavy atom. The molecule has 0 aliphatic heterocycles. The lowest BCUT2D eigenvalue weighted by Crippen LogP contribution is -1.94. The number of nitro benzene ring substituents is 1. The number of aryl methyl sites for hydroxylation is 1. The molecular formula is C10H10BrNO2. The molecule has 0 aromatic heterocycles. The van der Waals surface area contributed by atoms with Crippen molar-refractivity contribution in [2.75, 3.05) is 5.33 Å². The summed E-state index contributed by atoms with van der Waals surface area (Å²) in [6, 6.07) is 5.30. The summed E-state index contributed by atoms with van der Waals surface area (Å²) in [5.74, 6) is 0. The molecule has 0 radical (unpaired) electrons. The first-order valence-corrected chi connectivity index (χ1v) is 5.25. The monoisotopic (exact) mass is 255 g/mol. The first-order chi connectivity index (χ1) is 6.66. The first-order valence-electron chi connectivity index (χ1n) is 4.13. The molecule has 0 fully saturated rings. The van der Waals surface area contributed by atoms with Crippen molar-refractivity contribution in [1.29, 1.82) is 0 Å². The zero-order valence-electron chi connectivity index (χ0n) is 7.74. The maximum Gasteiger partial charge on any atom is 0.279 e. The fourth-order valence-electron chi connectivity index (χ4n) is 1.24. The van der Waals surface area contributed by atoms with Crippen molar-refractivity contribution in [3.63, 3.8) is 0 Å². The summed E-state index contributed by atoms with van der Waals surface area (Å²) >= 11 is 3.23. The molecule has 0 spiro atoms. The Bertz CT molecular complexity index is 374. The quantitative estimate of drug-likeness (QED) is 0.473. The van der Waals surface area contributed by atoms with Gasteiger partial charge < -0.3 is 0 Å². The Kier molecular flexibility index (Phi) is 3.83. The van der Waals surface area contributed by atoms with Gasteiger partial charge in [0.15, 0.2) is 0 Å². The molecule has 3 nitrogen and oxygen atoms in total. The van der Waals surface area contributed by atoms with Crippen LogP contribution in [0.4, 0.5) is 5.69 Å². The molecule has 0 saturated heterocycles. The summed E-state index contributed by atoms with van der Waals surface area (Å²) in [4.78, 5) is 10.4. The first kappa shape index (κ1) is 10.9. The highest BCUT2D eigenvalue weighted by molar-refractivity contribution is 9.09. The third-order valence-corrected chi connectivity index (χ3v) is 2.21. The van der Waals surface area contributed by atoms with E-state index in [-0.39, 0.29) is 10.6 Å². The van der Waals surface area contributed by atoms with Gasteiger partial charge in [-0.05, 0) is 13.0 Å². The number of para-hydroxylation sites is 1. The molecule has 0 atom stereocenters. The van der Waals surface area contributed by atoms with Gasteiger partial charge in [-0.25, -0.2) is 0 Å². The number of hydrogen-bond donors (Lipinski definition) is 0. The number of rotatable bonds is 3. The number of alkyl halides is 1. The lowest BCUT2D eigenvalue weighted by atomic mass is 10.1. The molecule has 0 saturated carbocycles. The Morgan fingerprint density at radius 1 is 1.57 bits per heavy atom. The minimum atomic E-state index is -0.344. The van der Waals surface area contributed by atoms with Crippen molar-refractivity contribution in [1.82, 2.24) is 0 Å². The third kappa shape index (κ3) is 2.42. The highest BCUT2D eigenvalue weighted by Gasteiger charge is 2.13. The van der Waals surface area contributed by atoms with E-state index in [2.05, 4.69) is 15.9 Å². The summed E-state index contributed by atoms with van der Waals surface area (Å²) in [6.45, 7) is 1.74. The summed E-state index contributed by atoms with van der Waals surface area (Å²) < 4.78 is 0.